The van der Waals surface area contributed by atoms with Gasteiger partial charge in [-0.05, 0) is 44.2 Å². The molecular weight excluding hydrogens is 358 g/mol. The number of carbonyl (C=O) groups excluding carboxylic acids is 1. The SMILES string of the molecule is Cn1cc(C(=O)NCC2CCCCN2CCn2nc3c(cc2=O)CCC3)nn1. The minimum absolute atomic E-state index is 0.00911. The lowest BCUT2D eigenvalue weighted by molar-refractivity contribution is 0.0904. The maximum absolute atomic E-state index is 12.3. The molecule has 1 amide bonds. The van der Waals surface area contributed by atoms with Crippen LogP contribution in [-0.4, -0.2) is 61.3 Å². The predicted octanol–water partition coefficient (Wildman–Crippen LogP) is 0.145. The Morgan fingerprint density at radius 1 is 1.25 bits per heavy atom. The normalized spacial score (nSPS) is 19.5. The second kappa shape index (κ2) is 8.22. The maximum atomic E-state index is 12.3. The van der Waals surface area contributed by atoms with Crippen LogP contribution in [0.3, 0.4) is 0 Å². The molecular formula is C19H27N7O2. The standard InChI is InChI=1S/C19H27N7O2/c1-24-13-17(21-23-24)19(28)20-12-15-6-2-3-8-25(15)9-10-26-18(27)11-14-5-4-7-16(14)22-26/h11,13,15H,2-10,12H2,1H3,(H,20,28). The fourth-order valence-electron chi connectivity index (χ4n) is 4.16. The van der Waals surface area contributed by atoms with Crippen molar-refractivity contribution < 1.29 is 4.79 Å². The van der Waals surface area contributed by atoms with Crippen molar-refractivity contribution in [1.29, 1.82) is 0 Å². The van der Waals surface area contributed by atoms with Crippen molar-refractivity contribution in [2.75, 3.05) is 19.6 Å². The molecule has 1 N–H and O–H groups in total. The first kappa shape index (κ1) is 18.8. The lowest BCUT2D eigenvalue weighted by Crippen LogP contribution is -2.48. The zero-order valence-electron chi connectivity index (χ0n) is 16.3. The van der Waals surface area contributed by atoms with Crippen molar-refractivity contribution in [3.63, 3.8) is 0 Å². The average molecular weight is 385 g/mol. The van der Waals surface area contributed by atoms with Gasteiger partial charge in [0, 0.05) is 32.2 Å². The van der Waals surface area contributed by atoms with Crippen molar-refractivity contribution in [3.8, 4) is 0 Å². The fraction of sp³-hybridized carbons (Fsp3) is 0.632. The van der Waals surface area contributed by atoms with Crippen LogP contribution in [0.4, 0.5) is 0 Å². The van der Waals surface area contributed by atoms with Crippen molar-refractivity contribution in [3.05, 3.63) is 39.6 Å². The molecule has 4 rings (SSSR count). The molecule has 0 spiro atoms. The monoisotopic (exact) mass is 385 g/mol. The molecule has 3 heterocycles. The Kier molecular flexibility index (Phi) is 5.52. The van der Waals surface area contributed by atoms with E-state index in [1.807, 2.05) is 0 Å². The summed E-state index contributed by atoms with van der Waals surface area (Å²) in [6, 6.07) is 2.02. The van der Waals surface area contributed by atoms with Gasteiger partial charge in [0.15, 0.2) is 5.69 Å². The summed E-state index contributed by atoms with van der Waals surface area (Å²) in [7, 11) is 1.74. The van der Waals surface area contributed by atoms with E-state index in [1.165, 1.54) is 4.68 Å². The molecule has 0 bridgehead atoms. The third kappa shape index (κ3) is 4.14. The number of nitrogens with zero attached hydrogens (tertiary/aromatic N) is 6. The minimum Gasteiger partial charge on any atom is -0.349 e. The van der Waals surface area contributed by atoms with Gasteiger partial charge in [-0.3, -0.25) is 19.2 Å². The first-order valence-corrected chi connectivity index (χ1v) is 10.1. The Bertz CT molecular complexity index is 904. The molecule has 2 aromatic heterocycles. The molecule has 1 aliphatic carbocycles. The second-order valence-corrected chi connectivity index (χ2v) is 7.70. The number of nitrogens with one attached hydrogen (secondary N) is 1. The zero-order chi connectivity index (χ0) is 19.5. The molecule has 9 nitrogen and oxygen atoms in total. The van der Waals surface area contributed by atoms with Gasteiger partial charge in [-0.2, -0.15) is 5.10 Å². The Balaban J connectivity index is 1.35. The van der Waals surface area contributed by atoms with Crippen LogP contribution in [0.5, 0.6) is 0 Å². The van der Waals surface area contributed by atoms with Crippen LogP contribution < -0.4 is 10.9 Å². The van der Waals surface area contributed by atoms with E-state index in [1.54, 1.807) is 24.0 Å². The highest BCUT2D eigenvalue weighted by molar-refractivity contribution is 5.91. The van der Waals surface area contributed by atoms with E-state index in [0.29, 0.717) is 18.8 Å². The molecule has 1 saturated heterocycles. The van der Waals surface area contributed by atoms with Crippen LogP contribution in [0.15, 0.2) is 17.1 Å². The van der Waals surface area contributed by atoms with E-state index in [0.717, 1.165) is 62.9 Å². The number of amides is 1. The summed E-state index contributed by atoms with van der Waals surface area (Å²) in [6.45, 7) is 2.89. The highest BCUT2D eigenvalue weighted by Crippen LogP contribution is 2.18. The van der Waals surface area contributed by atoms with E-state index < -0.39 is 0 Å². The first-order valence-electron chi connectivity index (χ1n) is 10.1. The van der Waals surface area contributed by atoms with Crippen molar-refractivity contribution in [1.82, 2.24) is 35.0 Å². The highest BCUT2D eigenvalue weighted by atomic mass is 16.2. The second-order valence-electron chi connectivity index (χ2n) is 7.70. The molecule has 2 aromatic rings. The van der Waals surface area contributed by atoms with Crippen LogP contribution >= 0.6 is 0 Å². The Hall–Kier alpha value is -2.55. The molecule has 1 aliphatic heterocycles. The maximum Gasteiger partial charge on any atom is 0.273 e. The highest BCUT2D eigenvalue weighted by Gasteiger charge is 2.24. The molecule has 0 saturated carbocycles. The van der Waals surface area contributed by atoms with E-state index in [-0.39, 0.29) is 17.5 Å². The van der Waals surface area contributed by atoms with Crippen LogP contribution in [0.25, 0.3) is 0 Å². The third-order valence-electron chi connectivity index (χ3n) is 5.71. The van der Waals surface area contributed by atoms with Crippen LogP contribution in [0.2, 0.25) is 0 Å². The number of fused-ring (bicyclic) bond motifs is 1. The van der Waals surface area contributed by atoms with Gasteiger partial charge in [0.1, 0.15) is 0 Å². The number of hydrogen-bond acceptors (Lipinski definition) is 6. The van der Waals surface area contributed by atoms with Crippen molar-refractivity contribution >= 4 is 5.91 Å². The largest absolute Gasteiger partial charge is 0.349 e. The van der Waals surface area contributed by atoms with Gasteiger partial charge in [0.2, 0.25) is 0 Å². The number of aromatic nitrogens is 5. The molecule has 1 atom stereocenters. The van der Waals surface area contributed by atoms with E-state index in [2.05, 4.69) is 25.6 Å². The number of carbonyl (C=O) groups is 1. The van der Waals surface area contributed by atoms with Gasteiger partial charge in [0.05, 0.1) is 18.4 Å². The van der Waals surface area contributed by atoms with Gasteiger partial charge in [-0.15, -0.1) is 5.10 Å². The molecule has 0 aromatic carbocycles. The fourth-order valence-corrected chi connectivity index (χ4v) is 4.16. The summed E-state index contributed by atoms with van der Waals surface area (Å²) < 4.78 is 3.12. The quantitative estimate of drug-likeness (QED) is 0.760. The third-order valence-corrected chi connectivity index (χ3v) is 5.71. The smallest absolute Gasteiger partial charge is 0.273 e. The van der Waals surface area contributed by atoms with E-state index in [4.69, 9.17) is 0 Å². The topological polar surface area (TPSA) is 97.9 Å². The Morgan fingerprint density at radius 3 is 2.96 bits per heavy atom. The first-order chi connectivity index (χ1) is 13.6. The molecule has 2 aliphatic rings. The number of aryl methyl sites for hydroxylation is 3. The Morgan fingerprint density at radius 2 is 2.14 bits per heavy atom. The number of likely N-dealkylation sites (tertiary alicyclic amines) is 1. The van der Waals surface area contributed by atoms with E-state index >= 15 is 0 Å². The van der Waals surface area contributed by atoms with Gasteiger partial charge in [-0.25, -0.2) is 4.68 Å². The summed E-state index contributed by atoms with van der Waals surface area (Å²) in [5, 5.41) is 15.2. The molecule has 1 fully saturated rings. The average Bonchev–Trinajstić information content (AvgIpc) is 3.33. The molecule has 1 unspecified atom stereocenters. The molecule has 9 heteroatoms. The zero-order valence-corrected chi connectivity index (χ0v) is 16.3. The lowest BCUT2D eigenvalue weighted by atomic mass is 10.0. The van der Waals surface area contributed by atoms with Gasteiger partial charge >= 0.3 is 0 Å². The van der Waals surface area contributed by atoms with E-state index in [9.17, 15) is 9.59 Å². The summed E-state index contributed by atoms with van der Waals surface area (Å²) in [6.07, 6.45) is 7.97. The molecule has 150 valence electrons. The summed E-state index contributed by atoms with van der Waals surface area (Å²) in [5.74, 6) is -0.199. The van der Waals surface area contributed by atoms with Gasteiger partial charge in [0.25, 0.3) is 11.5 Å². The number of hydrogen-bond donors (Lipinski definition) is 1. The van der Waals surface area contributed by atoms with Crippen molar-refractivity contribution in [2.24, 2.45) is 7.05 Å². The van der Waals surface area contributed by atoms with Gasteiger partial charge < -0.3 is 5.32 Å². The number of rotatable bonds is 6. The summed E-state index contributed by atoms with van der Waals surface area (Å²) in [4.78, 5) is 26.9. The van der Waals surface area contributed by atoms with Crippen LogP contribution in [0.1, 0.15) is 47.4 Å². The van der Waals surface area contributed by atoms with Crippen LogP contribution in [0, 0.1) is 0 Å². The lowest BCUT2D eigenvalue weighted by Gasteiger charge is -2.35. The minimum atomic E-state index is -0.199. The van der Waals surface area contributed by atoms with Crippen molar-refractivity contribution in [2.45, 2.75) is 51.1 Å². The number of piperidine rings is 1. The predicted molar refractivity (Wildman–Crippen MR) is 103 cm³/mol. The molecule has 0 radical (unpaired) electrons. The summed E-state index contributed by atoms with van der Waals surface area (Å²) >= 11 is 0. The van der Waals surface area contributed by atoms with Crippen LogP contribution in [-0.2, 0) is 26.4 Å². The summed E-state index contributed by atoms with van der Waals surface area (Å²) in [5.41, 5.74) is 2.51. The van der Waals surface area contributed by atoms with Gasteiger partial charge in [-0.1, -0.05) is 11.6 Å². The molecule has 28 heavy (non-hydrogen) atoms. The Labute approximate surface area is 163 Å².